The normalized spacial score (nSPS) is 13.4. The number of nitrogens with one attached hydrogen (secondary N) is 8. The first-order valence-electron chi connectivity index (χ1n) is 26.5. The minimum Gasteiger partial charge on any atom is -0.480 e. The van der Waals surface area contributed by atoms with Crippen molar-refractivity contribution in [3.05, 3.63) is 142 Å². The van der Waals surface area contributed by atoms with E-state index in [0.717, 1.165) is 11.9 Å². The predicted octanol–water partition coefficient (Wildman–Crippen LogP) is 3.31. The first kappa shape index (κ1) is 65.8. The lowest BCUT2D eigenvalue weighted by molar-refractivity contribution is -0.387. The molecule has 440 valence electrons. The van der Waals surface area contributed by atoms with Crippen LogP contribution in [-0.2, 0) is 77.1 Å². The number of aliphatic carboxylic acids is 1. The molecule has 0 fully saturated rings. The van der Waals surface area contributed by atoms with Gasteiger partial charge in [-0.3, -0.25) is 53.3 Å². The molecule has 9 N–H and O–H groups in total. The molecule has 0 saturated heterocycles. The second-order valence-corrected chi connectivity index (χ2v) is 20.4. The van der Waals surface area contributed by atoms with E-state index in [2.05, 4.69) is 41.9 Å². The van der Waals surface area contributed by atoms with Gasteiger partial charge < -0.3 is 51.8 Å². The molecule has 0 heterocycles. The van der Waals surface area contributed by atoms with E-state index in [1.165, 1.54) is 19.1 Å². The Balaban J connectivity index is 1.36. The van der Waals surface area contributed by atoms with Crippen molar-refractivity contribution in [1.82, 2.24) is 41.9 Å². The summed E-state index contributed by atoms with van der Waals surface area (Å²) in [4.78, 5) is 144. The van der Waals surface area contributed by atoms with Gasteiger partial charge in [0.05, 0.1) is 30.5 Å². The fourth-order valence-electron chi connectivity index (χ4n) is 7.77. The van der Waals surface area contributed by atoms with Crippen molar-refractivity contribution in [3.63, 3.8) is 0 Å². The molecule has 0 bridgehead atoms. The van der Waals surface area contributed by atoms with Gasteiger partial charge in [0.1, 0.15) is 48.3 Å². The van der Waals surface area contributed by atoms with Gasteiger partial charge in [-0.1, -0.05) is 137 Å². The summed E-state index contributed by atoms with van der Waals surface area (Å²) in [7, 11) is 0. The van der Waals surface area contributed by atoms with Crippen LogP contribution in [0.5, 0.6) is 0 Å². The summed E-state index contributed by atoms with van der Waals surface area (Å²) in [6.07, 6.45) is -0.897. The summed E-state index contributed by atoms with van der Waals surface area (Å²) in [5.41, 5.74) is 1.84. The molecule has 7 atom stereocenters. The molecule has 0 aromatic heterocycles. The van der Waals surface area contributed by atoms with Crippen molar-refractivity contribution in [2.45, 2.75) is 128 Å². The summed E-state index contributed by atoms with van der Waals surface area (Å²) in [5, 5.41) is 38.9. The van der Waals surface area contributed by atoms with Crippen molar-refractivity contribution in [1.29, 1.82) is 0 Å². The van der Waals surface area contributed by atoms with Crippen LogP contribution in [0.25, 0.3) is 0 Å². The van der Waals surface area contributed by atoms with Crippen LogP contribution in [0.15, 0.2) is 120 Å². The predicted molar refractivity (Wildman–Crippen MR) is 300 cm³/mol. The summed E-state index contributed by atoms with van der Waals surface area (Å²) in [5.74, 6) is -9.58. The third-order valence-corrected chi connectivity index (χ3v) is 13.4. The SMILES string of the molecule is CC[C@H](C)[C@H](NC(=O)CNC(=O)[C@H](Cc1ccccc1)NC(=O)[C@H](CC(C)C)NSc1ccccc1[N+](=O)[O-])C(=O)N[C@@H](C)C(=O)NCC(=O)N[C@@H](CCC(=O)OCc1ccccc1)C(=O)N[C@@H](CC(=O)OCc1ccccc1)C(=O)O. The Morgan fingerprint density at radius 3 is 1.65 bits per heavy atom. The number of nitro groups is 1. The molecule has 7 amide bonds. The topological polar surface area (TPSA) is 349 Å². The van der Waals surface area contributed by atoms with Crippen molar-refractivity contribution in [2.75, 3.05) is 13.1 Å². The molecule has 0 saturated carbocycles. The Morgan fingerprint density at radius 2 is 1.09 bits per heavy atom. The Labute approximate surface area is 479 Å². The number of carbonyl (C=O) groups is 10. The highest BCUT2D eigenvalue weighted by Gasteiger charge is 2.33. The molecule has 4 aromatic rings. The van der Waals surface area contributed by atoms with Crippen LogP contribution in [0.2, 0.25) is 0 Å². The van der Waals surface area contributed by atoms with Crippen LogP contribution < -0.4 is 41.9 Å². The van der Waals surface area contributed by atoms with E-state index < -0.39 is 139 Å². The number of amides is 7. The highest BCUT2D eigenvalue weighted by Crippen LogP contribution is 2.27. The maximum absolute atomic E-state index is 13.9. The number of hydrogen-bond donors (Lipinski definition) is 9. The third-order valence-electron chi connectivity index (χ3n) is 12.5. The molecule has 82 heavy (non-hydrogen) atoms. The van der Waals surface area contributed by atoms with E-state index in [-0.39, 0.29) is 36.1 Å². The monoisotopic (exact) mass is 1150 g/mol. The van der Waals surface area contributed by atoms with E-state index in [4.69, 9.17) is 9.47 Å². The number of rotatable bonds is 34. The molecular weight excluding hydrogens is 1080 g/mol. The van der Waals surface area contributed by atoms with Crippen molar-refractivity contribution in [3.8, 4) is 0 Å². The number of benzene rings is 4. The van der Waals surface area contributed by atoms with Gasteiger partial charge >= 0.3 is 17.9 Å². The lowest BCUT2D eigenvalue weighted by Crippen LogP contribution is -2.57. The quantitative estimate of drug-likeness (QED) is 0.0140. The molecule has 0 radical (unpaired) electrons. The first-order valence-corrected chi connectivity index (χ1v) is 27.3. The molecule has 0 spiro atoms. The van der Waals surface area contributed by atoms with Crippen LogP contribution in [0.3, 0.4) is 0 Å². The maximum Gasteiger partial charge on any atom is 0.326 e. The first-order chi connectivity index (χ1) is 39.1. The molecule has 4 aromatic carbocycles. The fourth-order valence-corrected chi connectivity index (χ4v) is 8.64. The van der Waals surface area contributed by atoms with E-state index in [1.807, 2.05) is 13.8 Å². The standard InChI is InChI=1S/C57H71N9O15S/c1-6-36(4)51(64-48(68)32-59-53(72)42(29-38-18-10-7-11-19-38)62-55(74)43(28-35(2)3)65-82-46-25-17-16-24-45(46)66(78)79)56(75)60-37(5)52(71)58-31-47(67)61-41(26-27-49(69)80-33-39-20-12-8-13-21-39)54(73)63-44(57(76)77)30-50(70)81-34-40-22-14-9-15-23-40/h7-25,35-37,41-44,51,65H,6,26-34H2,1-5H3,(H,58,71)(H,59,72)(H,60,75)(H,61,67)(H,62,74)(H,63,73)(H,64,68)(H,76,77)/t36-,37-,41-,42-,43-,44-,51-/m0/s1. The van der Waals surface area contributed by atoms with E-state index in [9.17, 15) is 63.2 Å². The van der Waals surface area contributed by atoms with E-state index in [0.29, 0.717) is 29.5 Å². The molecule has 25 heteroatoms. The van der Waals surface area contributed by atoms with Gasteiger partial charge in [0, 0.05) is 18.9 Å². The highest BCUT2D eigenvalue weighted by atomic mass is 32.2. The van der Waals surface area contributed by atoms with Crippen molar-refractivity contribution in [2.24, 2.45) is 11.8 Å². The van der Waals surface area contributed by atoms with E-state index in [1.54, 1.807) is 117 Å². The third kappa shape index (κ3) is 23.6. The molecule has 4 rings (SSSR count). The average Bonchev–Trinajstić information content (AvgIpc) is 3.57. The molecule has 24 nitrogen and oxygen atoms in total. The molecule has 0 unspecified atom stereocenters. The maximum atomic E-state index is 13.9. The van der Waals surface area contributed by atoms with Gasteiger partial charge in [-0.2, -0.15) is 0 Å². The van der Waals surface area contributed by atoms with Gasteiger partial charge in [0.15, 0.2) is 0 Å². The van der Waals surface area contributed by atoms with Gasteiger partial charge in [0.2, 0.25) is 41.4 Å². The summed E-state index contributed by atoms with van der Waals surface area (Å²) in [6.45, 7) is 6.87. The number of para-hydroxylation sites is 1. The number of nitro benzene ring substituents is 1. The summed E-state index contributed by atoms with van der Waals surface area (Å²) < 4.78 is 13.5. The lowest BCUT2D eigenvalue weighted by atomic mass is 9.98. The number of carboxylic acids is 1. The molecule has 0 aliphatic heterocycles. The molecule has 0 aliphatic carbocycles. The highest BCUT2D eigenvalue weighted by molar-refractivity contribution is 7.97. The fraction of sp³-hybridized carbons (Fsp3) is 0.404. The summed E-state index contributed by atoms with van der Waals surface area (Å²) >= 11 is 0.912. The number of carbonyl (C=O) groups excluding carboxylic acids is 9. The number of carboxylic acid groups (broad SMARTS) is 1. The zero-order chi connectivity index (χ0) is 60.1. The minimum atomic E-state index is -1.80. The lowest BCUT2D eigenvalue weighted by Gasteiger charge is -2.26. The Morgan fingerprint density at radius 1 is 0.573 bits per heavy atom. The molecular formula is C57H71N9O15S. The number of esters is 2. The Bertz CT molecular complexity index is 2810. The van der Waals surface area contributed by atoms with Crippen LogP contribution in [0.1, 0.15) is 83.4 Å². The van der Waals surface area contributed by atoms with Gasteiger partial charge in [-0.25, -0.2) is 9.52 Å². The van der Waals surface area contributed by atoms with Crippen LogP contribution in [0.4, 0.5) is 5.69 Å². The van der Waals surface area contributed by atoms with Gasteiger partial charge in [-0.05, 0) is 66.3 Å². The van der Waals surface area contributed by atoms with Gasteiger partial charge in [0.25, 0.3) is 5.69 Å². The zero-order valence-corrected chi connectivity index (χ0v) is 47.0. The van der Waals surface area contributed by atoms with Gasteiger partial charge in [-0.15, -0.1) is 0 Å². The smallest absolute Gasteiger partial charge is 0.326 e. The molecule has 0 aliphatic rings. The average molecular weight is 1150 g/mol. The second-order valence-electron chi connectivity index (χ2n) is 19.5. The van der Waals surface area contributed by atoms with Crippen LogP contribution in [-0.4, -0.2) is 119 Å². The van der Waals surface area contributed by atoms with E-state index >= 15 is 0 Å². The largest absolute Gasteiger partial charge is 0.480 e. The van der Waals surface area contributed by atoms with Crippen LogP contribution >= 0.6 is 11.9 Å². The summed E-state index contributed by atoms with van der Waals surface area (Å²) in [6, 6.07) is 24.1. The van der Waals surface area contributed by atoms with Crippen LogP contribution in [0, 0.1) is 22.0 Å². The van der Waals surface area contributed by atoms with Crippen molar-refractivity contribution >= 4 is 76.9 Å². The minimum absolute atomic E-state index is 0.0109. The Hall–Kier alpha value is -8.71. The second kappa shape index (κ2) is 34.4. The Kier molecular flexibility index (Phi) is 27.6. The number of nitrogens with zero attached hydrogens (tertiary/aromatic N) is 1. The number of hydrogen-bond acceptors (Lipinski definition) is 16. The van der Waals surface area contributed by atoms with Crippen molar-refractivity contribution < 1.29 is 67.4 Å². The number of ether oxygens (including phenoxy) is 2. The zero-order valence-electron chi connectivity index (χ0n) is 46.2.